The molecule has 0 saturated carbocycles. The lowest BCUT2D eigenvalue weighted by Gasteiger charge is -2.03. The standard InChI is InChI=1S/C15H17FN6O2S/c1-3-21-9-14(11(2)18-21)25(23,24)20-15-17-10-22(19-15)8-12-4-6-13(16)7-5-12/h4-7,9-10H,3,8H2,1-2H3,(H,19,20). The fraction of sp³-hybridized carbons (Fsp3) is 0.267. The van der Waals surface area contributed by atoms with Crippen molar-refractivity contribution in [3.8, 4) is 0 Å². The highest BCUT2D eigenvalue weighted by atomic mass is 32.2. The summed E-state index contributed by atoms with van der Waals surface area (Å²) in [4.78, 5) is 4.04. The lowest BCUT2D eigenvalue weighted by atomic mass is 10.2. The van der Waals surface area contributed by atoms with E-state index in [1.165, 1.54) is 29.3 Å². The van der Waals surface area contributed by atoms with E-state index in [0.717, 1.165) is 5.56 Å². The molecule has 132 valence electrons. The highest BCUT2D eigenvalue weighted by Crippen LogP contribution is 2.16. The van der Waals surface area contributed by atoms with Crippen LogP contribution in [-0.2, 0) is 23.1 Å². The molecule has 0 unspecified atom stereocenters. The Bertz CT molecular complexity index is 978. The van der Waals surface area contributed by atoms with Gasteiger partial charge < -0.3 is 0 Å². The fourth-order valence-electron chi connectivity index (χ4n) is 2.30. The van der Waals surface area contributed by atoms with Crippen molar-refractivity contribution in [2.45, 2.75) is 31.8 Å². The molecule has 0 aliphatic carbocycles. The van der Waals surface area contributed by atoms with E-state index in [1.807, 2.05) is 6.92 Å². The van der Waals surface area contributed by atoms with Crippen LogP contribution in [-0.4, -0.2) is 33.0 Å². The lowest BCUT2D eigenvalue weighted by molar-refractivity contribution is 0.599. The van der Waals surface area contributed by atoms with Gasteiger partial charge in [0.05, 0.1) is 12.2 Å². The van der Waals surface area contributed by atoms with Gasteiger partial charge in [-0.25, -0.2) is 22.2 Å². The van der Waals surface area contributed by atoms with Gasteiger partial charge in [-0.2, -0.15) is 10.1 Å². The molecule has 3 rings (SSSR count). The number of hydrogen-bond acceptors (Lipinski definition) is 5. The van der Waals surface area contributed by atoms with Crippen molar-refractivity contribution in [3.05, 3.63) is 53.9 Å². The number of aromatic nitrogens is 5. The predicted molar refractivity (Wildman–Crippen MR) is 89.0 cm³/mol. The molecule has 0 radical (unpaired) electrons. The van der Waals surface area contributed by atoms with Crippen LogP contribution in [0.3, 0.4) is 0 Å². The summed E-state index contributed by atoms with van der Waals surface area (Å²) in [5.74, 6) is -0.357. The Kier molecular flexibility index (Phi) is 4.53. The summed E-state index contributed by atoms with van der Waals surface area (Å²) in [7, 11) is -3.82. The summed E-state index contributed by atoms with van der Waals surface area (Å²) < 4.78 is 43.2. The van der Waals surface area contributed by atoms with Gasteiger partial charge in [0.15, 0.2) is 0 Å². The van der Waals surface area contributed by atoms with Crippen LogP contribution in [0.1, 0.15) is 18.2 Å². The van der Waals surface area contributed by atoms with E-state index in [1.54, 1.807) is 23.7 Å². The Morgan fingerprint density at radius 1 is 1.16 bits per heavy atom. The number of hydrogen-bond donors (Lipinski definition) is 1. The van der Waals surface area contributed by atoms with Gasteiger partial charge in [0.25, 0.3) is 16.0 Å². The van der Waals surface area contributed by atoms with Crippen LogP contribution in [0.4, 0.5) is 10.3 Å². The maximum absolute atomic E-state index is 12.9. The monoisotopic (exact) mass is 364 g/mol. The third-order valence-corrected chi connectivity index (χ3v) is 4.97. The molecule has 0 amide bonds. The zero-order valence-corrected chi connectivity index (χ0v) is 14.5. The maximum Gasteiger partial charge on any atom is 0.267 e. The number of sulfonamides is 1. The van der Waals surface area contributed by atoms with Crippen molar-refractivity contribution < 1.29 is 12.8 Å². The fourth-order valence-corrected chi connectivity index (χ4v) is 3.43. The van der Waals surface area contributed by atoms with Gasteiger partial charge in [-0.1, -0.05) is 12.1 Å². The smallest absolute Gasteiger partial charge is 0.267 e. The molecule has 2 heterocycles. The maximum atomic E-state index is 12.9. The van der Waals surface area contributed by atoms with Crippen molar-refractivity contribution in [2.75, 3.05) is 4.72 Å². The highest BCUT2D eigenvalue weighted by Gasteiger charge is 2.21. The van der Waals surface area contributed by atoms with E-state index < -0.39 is 10.0 Å². The van der Waals surface area contributed by atoms with E-state index in [9.17, 15) is 12.8 Å². The Labute approximate surface area is 144 Å². The van der Waals surface area contributed by atoms with E-state index >= 15 is 0 Å². The number of rotatable bonds is 6. The second-order valence-corrected chi connectivity index (χ2v) is 7.08. The van der Waals surface area contributed by atoms with E-state index in [4.69, 9.17) is 0 Å². The molecule has 10 heteroatoms. The first-order valence-corrected chi connectivity index (χ1v) is 9.06. The number of anilines is 1. The molecular formula is C15H17FN6O2S. The van der Waals surface area contributed by atoms with Crippen molar-refractivity contribution in [2.24, 2.45) is 0 Å². The van der Waals surface area contributed by atoms with Gasteiger partial charge in [-0.05, 0) is 31.5 Å². The summed E-state index contributed by atoms with van der Waals surface area (Å²) in [5.41, 5.74) is 1.22. The Balaban J connectivity index is 1.76. The van der Waals surface area contributed by atoms with Crippen LogP contribution >= 0.6 is 0 Å². The number of nitrogens with zero attached hydrogens (tertiary/aromatic N) is 5. The van der Waals surface area contributed by atoms with Gasteiger partial charge in [0.2, 0.25) is 0 Å². The molecule has 3 aromatic rings. The quantitative estimate of drug-likeness (QED) is 0.720. The first-order valence-electron chi connectivity index (χ1n) is 7.58. The first-order chi connectivity index (χ1) is 11.9. The Morgan fingerprint density at radius 2 is 1.88 bits per heavy atom. The zero-order chi connectivity index (χ0) is 18.0. The van der Waals surface area contributed by atoms with Gasteiger partial charge in [0.1, 0.15) is 17.0 Å². The predicted octanol–water partition coefficient (Wildman–Crippen LogP) is 1.79. The second-order valence-electron chi connectivity index (χ2n) is 5.43. The summed E-state index contributed by atoms with van der Waals surface area (Å²) >= 11 is 0. The molecule has 0 atom stereocenters. The third kappa shape index (κ3) is 3.85. The van der Waals surface area contributed by atoms with E-state index in [0.29, 0.717) is 18.8 Å². The van der Waals surface area contributed by atoms with Crippen molar-refractivity contribution in [3.63, 3.8) is 0 Å². The van der Waals surface area contributed by atoms with Crippen LogP contribution < -0.4 is 4.72 Å². The molecule has 0 aliphatic heterocycles. The molecule has 2 aromatic heterocycles. The van der Waals surface area contributed by atoms with Crippen LogP contribution in [0.25, 0.3) is 0 Å². The van der Waals surface area contributed by atoms with Crippen LogP contribution in [0.15, 0.2) is 41.7 Å². The van der Waals surface area contributed by atoms with E-state index in [-0.39, 0.29) is 16.7 Å². The number of benzene rings is 1. The van der Waals surface area contributed by atoms with Gasteiger partial charge in [0, 0.05) is 12.7 Å². The number of halogens is 1. The molecule has 0 saturated heterocycles. The minimum absolute atomic E-state index is 0.0363. The SMILES string of the molecule is CCn1cc(S(=O)(=O)Nc2ncn(Cc3ccc(F)cc3)n2)c(C)n1. The topological polar surface area (TPSA) is 94.7 Å². The lowest BCUT2D eigenvalue weighted by Crippen LogP contribution is -2.15. The van der Waals surface area contributed by atoms with Crippen molar-refractivity contribution in [1.29, 1.82) is 0 Å². The molecule has 0 bridgehead atoms. The molecule has 1 aromatic carbocycles. The third-order valence-electron chi connectivity index (χ3n) is 3.53. The molecule has 1 N–H and O–H groups in total. The van der Waals surface area contributed by atoms with Crippen LogP contribution in [0, 0.1) is 12.7 Å². The molecule has 0 spiro atoms. The first kappa shape index (κ1) is 17.1. The summed E-state index contributed by atoms with van der Waals surface area (Å²) in [6, 6.07) is 5.96. The van der Waals surface area contributed by atoms with Gasteiger partial charge >= 0.3 is 0 Å². The van der Waals surface area contributed by atoms with Crippen molar-refractivity contribution >= 4 is 16.0 Å². The van der Waals surface area contributed by atoms with Gasteiger partial charge in [-0.3, -0.25) is 4.68 Å². The molecule has 25 heavy (non-hydrogen) atoms. The summed E-state index contributed by atoms with van der Waals surface area (Å²) in [6.45, 7) is 4.42. The number of aryl methyl sites for hydroxylation is 2. The molecule has 0 fully saturated rings. The van der Waals surface area contributed by atoms with E-state index in [2.05, 4.69) is 19.9 Å². The highest BCUT2D eigenvalue weighted by molar-refractivity contribution is 7.92. The normalized spacial score (nSPS) is 11.6. The van der Waals surface area contributed by atoms with Crippen molar-refractivity contribution in [1.82, 2.24) is 24.5 Å². The average Bonchev–Trinajstić information content (AvgIpc) is 3.16. The number of nitrogens with one attached hydrogen (secondary N) is 1. The minimum Gasteiger partial charge on any atom is -0.271 e. The zero-order valence-electron chi connectivity index (χ0n) is 13.7. The molecule has 0 aliphatic rings. The summed E-state index contributed by atoms with van der Waals surface area (Å²) in [6.07, 6.45) is 2.87. The Hall–Kier alpha value is -2.75. The summed E-state index contributed by atoms with van der Waals surface area (Å²) in [5, 5.41) is 8.22. The van der Waals surface area contributed by atoms with Crippen LogP contribution in [0.5, 0.6) is 0 Å². The minimum atomic E-state index is -3.82. The largest absolute Gasteiger partial charge is 0.271 e. The molecule has 8 nitrogen and oxygen atoms in total. The van der Waals surface area contributed by atoms with Crippen LogP contribution in [0.2, 0.25) is 0 Å². The average molecular weight is 364 g/mol. The molecular weight excluding hydrogens is 347 g/mol. The van der Waals surface area contributed by atoms with Gasteiger partial charge in [-0.15, -0.1) is 5.10 Å². The second kappa shape index (κ2) is 6.63. The Morgan fingerprint density at radius 3 is 2.52 bits per heavy atom.